The van der Waals surface area contributed by atoms with Crippen LogP contribution < -0.4 is 0 Å². The average Bonchev–Trinajstić information content (AvgIpc) is 2.71. The fourth-order valence-electron chi connectivity index (χ4n) is 6.02. The molecule has 0 aliphatic heterocycles. The van der Waals surface area contributed by atoms with E-state index in [9.17, 15) is 9.90 Å². The lowest BCUT2D eigenvalue weighted by Crippen LogP contribution is -2.53. The molecule has 5 atom stereocenters. The summed E-state index contributed by atoms with van der Waals surface area (Å²) in [5.74, 6) is 1.81. The van der Waals surface area contributed by atoms with Gasteiger partial charge in [-0.25, -0.2) is 0 Å². The number of hydrogen-bond acceptors (Lipinski definition) is 1. The minimum absolute atomic E-state index is 0.0492. The van der Waals surface area contributed by atoms with Crippen molar-refractivity contribution in [1.29, 1.82) is 0 Å². The van der Waals surface area contributed by atoms with Crippen molar-refractivity contribution in [2.24, 2.45) is 28.6 Å². The molecule has 2 heteroatoms. The quantitative estimate of drug-likeness (QED) is 0.724. The second kappa shape index (κ2) is 2.55. The Bertz CT molecular complexity index is 400. The Morgan fingerprint density at radius 1 is 1.31 bits per heavy atom. The molecule has 4 aliphatic rings. The van der Waals surface area contributed by atoms with E-state index in [-0.39, 0.29) is 5.41 Å². The van der Waals surface area contributed by atoms with Gasteiger partial charge in [-0.15, -0.1) is 0 Å². The first-order chi connectivity index (χ1) is 7.69. The SMILES string of the molecule is O=C(O)C[C@@]12C=C[C@@H]3C[C@H]4CC[C@H](CC1)C432. The standard InChI is InChI=1S/C14H18O2/c15-12(16)8-13-5-3-9-1-2-10-7-11(4-6-13)14(9,10)13/h4,6,9-11H,1-3,5,7-8H2,(H,15,16)/t9-,10-,11-,13+,14?/m1/s1. The van der Waals surface area contributed by atoms with Crippen molar-refractivity contribution in [2.45, 2.75) is 38.5 Å². The van der Waals surface area contributed by atoms with E-state index in [4.69, 9.17) is 0 Å². The van der Waals surface area contributed by atoms with Crippen molar-refractivity contribution in [2.75, 3.05) is 0 Å². The zero-order valence-corrected chi connectivity index (χ0v) is 9.48. The molecular weight excluding hydrogens is 200 g/mol. The Morgan fingerprint density at radius 2 is 2.12 bits per heavy atom. The van der Waals surface area contributed by atoms with Gasteiger partial charge in [-0.05, 0) is 55.3 Å². The van der Waals surface area contributed by atoms with Gasteiger partial charge in [-0.2, -0.15) is 0 Å². The van der Waals surface area contributed by atoms with E-state index < -0.39 is 5.97 Å². The first-order valence-electron chi connectivity index (χ1n) is 6.60. The van der Waals surface area contributed by atoms with E-state index in [1.807, 2.05) is 0 Å². The van der Waals surface area contributed by atoms with Crippen LogP contribution in [0, 0.1) is 28.6 Å². The molecule has 0 saturated heterocycles. The van der Waals surface area contributed by atoms with E-state index in [0.29, 0.717) is 11.8 Å². The summed E-state index contributed by atoms with van der Waals surface area (Å²) in [6.45, 7) is 0. The van der Waals surface area contributed by atoms with Crippen molar-refractivity contribution >= 4 is 5.97 Å². The Labute approximate surface area is 95.7 Å². The molecule has 0 amide bonds. The van der Waals surface area contributed by atoms with Crippen LogP contribution in [-0.4, -0.2) is 11.1 Å². The Hall–Kier alpha value is -0.790. The summed E-state index contributed by atoms with van der Waals surface area (Å²) in [5.41, 5.74) is 0.457. The minimum atomic E-state index is -0.599. The molecule has 0 aromatic rings. The van der Waals surface area contributed by atoms with Crippen LogP contribution in [0.2, 0.25) is 0 Å². The van der Waals surface area contributed by atoms with Crippen molar-refractivity contribution in [1.82, 2.24) is 0 Å². The second-order valence-corrected chi connectivity index (χ2v) is 6.37. The summed E-state index contributed by atoms with van der Waals surface area (Å²) in [5, 5.41) is 9.20. The van der Waals surface area contributed by atoms with Gasteiger partial charge in [0.25, 0.3) is 0 Å². The predicted molar refractivity (Wildman–Crippen MR) is 59.8 cm³/mol. The number of carboxylic acids is 1. The van der Waals surface area contributed by atoms with Crippen molar-refractivity contribution in [3.8, 4) is 0 Å². The molecule has 3 saturated carbocycles. The maximum atomic E-state index is 11.2. The molecule has 2 nitrogen and oxygen atoms in total. The minimum Gasteiger partial charge on any atom is -0.481 e. The summed E-state index contributed by atoms with van der Waals surface area (Å²) in [6.07, 6.45) is 11.5. The predicted octanol–water partition coefficient (Wildman–Crippen LogP) is 2.84. The highest BCUT2D eigenvalue weighted by Gasteiger charge is 2.74. The van der Waals surface area contributed by atoms with Gasteiger partial charge in [0.05, 0.1) is 6.42 Å². The number of rotatable bonds is 2. The largest absolute Gasteiger partial charge is 0.481 e. The summed E-state index contributed by atoms with van der Waals surface area (Å²) in [4.78, 5) is 11.2. The Morgan fingerprint density at radius 3 is 2.94 bits per heavy atom. The highest BCUT2D eigenvalue weighted by molar-refractivity contribution is 5.69. The molecule has 16 heavy (non-hydrogen) atoms. The monoisotopic (exact) mass is 218 g/mol. The lowest BCUT2D eigenvalue weighted by Gasteiger charge is -2.57. The molecule has 1 N–H and O–H groups in total. The Balaban J connectivity index is 1.82. The third kappa shape index (κ3) is 0.722. The maximum absolute atomic E-state index is 11.2. The number of aliphatic carboxylic acids is 1. The molecular formula is C14H18O2. The maximum Gasteiger partial charge on any atom is 0.304 e. The van der Waals surface area contributed by atoms with Crippen molar-refractivity contribution in [3.05, 3.63) is 12.2 Å². The Kier molecular flexibility index (Phi) is 1.47. The first kappa shape index (κ1) is 9.26. The normalized spacial score (nSPS) is 55.9. The molecule has 0 bridgehead atoms. The van der Waals surface area contributed by atoms with Gasteiger partial charge in [-0.1, -0.05) is 12.2 Å². The van der Waals surface area contributed by atoms with Crippen LogP contribution in [0.3, 0.4) is 0 Å². The average molecular weight is 218 g/mol. The van der Waals surface area contributed by atoms with E-state index in [2.05, 4.69) is 12.2 Å². The molecule has 4 aliphatic carbocycles. The topological polar surface area (TPSA) is 37.3 Å². The van der Waals surface area contributed by atoms with Crippen LogP contribution in [0.1, 0.15) is 38.5 Å². The van der Waals surface area contributed by atoms with Gasteiger partial charge in [0, 0.05) is 5.41 Å². The lowest BCUT2D eigenvalue weighted by molar-refractivity contribution is -0.146. The van der Waals surface area contributed by atoms with Crippen LogP contribution in [0.15, 0.2) is 12.2 Å². The number of allylic oxidation sites excluding steroid dienone is 2. The van der Waals surface area contributed by atoms with Crippen LogP contribution in [0.25, 0.3) is 0 Å². The van der Waals surface area contributed by atoms with Crippen LogP contribution in [0.5, 0.6) is 0 Å². The van der Waals surface area contributed by atoms with E-state index in [1.165, 1.54) is 25.7 Å². The highest BCUT2D eigenvalue weighted by atomic mass is 16.4. The summed E-state index contributed by atoms with van der Waals surface area (Å²) < 4.78 is 0. The molecule has 4 rings (SSSR count). The molecule has 3 fully saturated rings. The van der Waals surface area contributed by atoms with Gasteiger partial charge in [0.15, 0.2) is 0 Å². The van der Waals surface area contributed by atoms with E-state index in [1.54, 1.807) is 0 Å². The first-order valence-corrected chi connectivity index (χ1v) is 6.60. The van der Waals surface area contributed by atoms with Gasteiger partial charge in [0.2, 0.25) is 0 Å². The zero-order valence-electron chi connectivity index (χ0n) is 9.48. The third-order valence-corrected chi connectivity index (χ3v) is 6.28. The zero-order chi connectivity index (χ0) is 11.0. The van der Waals surface area contributed by atoms with Gasteiger partial charge in [0.1, 0.15) is 0 Å². The molecule has 0 aromatic carbocycles. The number of carboxylic acid groups (broad SMARTS) is 1. The number of carbonyl (C=O) groups is 1. The van der Waals surface area contributed by atoms with E-state index >= 15 is 0 Å². The van der Waals surface area contributed by atoms with Crippen molar-refractivity contribution in [3.63, 3.8) is 0 Å². The highest BCUT2D eigenvalue weighted by Crippen LogP contribution is 2.80. The van der Waals surface area contributed by atoms with Gasteiger partial charge in [-0.3, -0.25) is 4.79 Å². The van der Waals surface area contributed by atoms with Crippen molar-refractivity contribution < 1.29 is 9.90 Å². The smallest absolute Gasteiger partial charge is 0.304 e. The van der Waals surface area contributed by atoms with Crippen LogP contribution in [-0.2, 0) is 4.79 Å². The lowest BCUT2D eigenvalue weighted by atomic mass is 9.46. The van der Waals surface area contributed by atoms with Crippen LogP contribution >= 0.6 is 0 Å². The molecule has 0 radical (unpaired) electrons. The molecule has 1 unspecified atom stereocenters. The summed E-state index contributed by atoms with van der Waals surface area (Å²) >= 11 is 0. The molecule has 0 aromatic heterocycles. The number of hydrogen-bond donors (Lipinski definition) is 1. The third-order valence-electron chi connectivity index (χ3n) is 6.28. The fraction of sp³-hybridized carbons (Fsp3) is 0.786. The van der Waals surface area contributed by atoms with Gasteiger partial charge < -0.3 is 5.11 Å². The molecule has 86 valence electrons. The van der Waals surface area contributed by atoms with Gasteiger partial charge >= 0.3 is 5.97 Å². The molecule has 1 spiro atoms. The molecule has 0 heterocycles. The summed E-state index contributed by atoms with van der Waals surface area (Å²) in [7, 11) is 0. The fourth-order valence-corrected chi connectivity index (χ4v) is 6.02. The second-order valence-electron chi connectivity index (χ2n) is 6.37. The summed E-state index contributed by atoms with van der Waals surface area (Å²) in [6, 6.07) is 0. The van der Waals surface area contributed by atoms with Crippen LogP contribution in [0.4, 0.5) is 0 Å². The van der Waals surface area contributed by atoms with E-state index in [0.717, 1.165) is 24.2 Å².